The summed E-state index contributed by atoms with van der Waals surface area (Å²) in [5, 5.41) is 7.91. The number of rotatable bonds is 2. The van der Waals surface area contributed by atoms with E-state index >= 15 is 0 Å². The van der Waals surface area contributed by atoms with Gasteiger partial charge in [-0.25, -0.2) is 0 Å². The van der Waals surface area contributed by atoms with Gasteiger partial charge in [0.15, 0.2) is 0 Å². The molecule has 0 heterocycles. The first kappa shape index (κ1) is 10.2. The van der Waals surface area contributed by atoms with Crippen LogP contribution in [0.4, 0.5) is 0 Å². The van der Waals surface area contributed by atoms with E-state index in [1.807, 2.05) is 6.92 Å². The van der Waals surface area contributed by atoms with Gasteiger partial charge in [-0.2, -0.15) is 0 Å². The first-order valence-electron chi connectivity index (χ1n) is 1.99. The monoisotopic (exact) mass is 194 g/mol. The fourth-order valence-electron chi connectivity index (χ4n) is 0.214. The van der Waals surface area contributed by atoms with Crippen LogP contribution in [-0.2, 0) is 25.2 Å². The molecule has 46 valence electrons. The molecule has 0 saturated heterocycles. The molecule has 2 nitrogen and oxygen atoms in total. The number of aliphatic carboxylic acids is 1. The maximum absolute atomic E-state index is 9.60. The van der Waals surface area contributed by atoms with Crippen LogP contribution < -0.4 is 0 Å². The van der Waals surface area contributed by atoms with Gasteiger partial charge in [0.05, 0.1) is 0 Å². The zero-order valence-electron chi connectivity index (χ0n) is 4.09. The number of carboxylic acids is 1. The van der Waals surface area contributed by atoms with Gasteiger partial charge in [0, 0.05) is 26.8 Å². The van der Waals surface area contributed by atoms with Gasteiger partial charge in [0.2, 0.25) is 0 Å². The summed E-state index contributed by atoms with van der Waals surface area (Å²) in [5.41, 5.74) is 0. The largest absolute Gasteiger partial charge is 0.481 e. The Morgan fingerprint density at radius 3 is 2.14 bits per heavy atom. The van der Waals surface area contributed by atoms with Crippen LogP contribution in [0.2, 0.25) is 0 Å². The molecule has 0 saturated carbocycles. The van der Waals surface area contributed by atoms with Gasteiger partial charge < -0.3 is 5.11 Å². The Morgan fingerprint density at radius 2 is 2.14 bits per heavy atom. The van der Waals surface area contributed by atoms with Crippen LogP contribution in [0, 0.1) is 0 Å². The third-order valence-electron chi connectivity index (χ3n) is 0.464. The zero-order chi connectivity index (χ0) is 4.99. The van der Waals surface area contributed by atoms with E-state index in [0.717, 1.165) is 6.42 Å². The van der Waals surface area contributed by atoms with E-state index in [2.05, 4.69) is 0 Å². The van der Waals surface area contributed by atoms with Gasteiger partial charge in [-0.15, -0.1) is 0 Å². The molecule has 0 aliphatic rings. The molecule has 7 heavy (non-hydrogen) atoms. The minimum atomic E-state index is -0.711. The molecule has 0 aliphatic carbocycles. The molecule has 0 radical (unpaired) electrons. The summed E-state index contributed by atoms with van der Waals surface area (Å²) in [6.07, 6.45) is 1.02. The Hall–Kier alpha value is 0.132. The number of hydrogen-bond donors (Lipinski definition) is 1. The average Bonchev–Trinajstić information content (AvgIpc) is 1.35. The first-order valence-corrected chi connectivity index (χ1v) is 1.99. The number of carboxylic acid groups (broad SMARTS) is 1. The van der Waals surface area contributed by atoms with Crippen molar-refractivity contribution in [1.82, 2.24) is 0 Å². The van der Waals surface area contributed by atoms with Crippen molar-refractivity contribution in [2.75, 3.05) is 0 Å². The van der Waals surface area contributed by atoms with Crippen LogP contribution in [0.15, 0.2) is 0 Å². The van der Waals surface area contributed by atoms with Crippen molar-refractivity contribution >= 4 is 5.97 Å². The topological polar surface area (TPSA) is 37.3 Å². The van der Waals surface area contributed by atoms with E-state index in [9.17, 15) is 4.79 Å². The normalized spacial score (nSPS) is 7.00. The maximum atomic E-state index is 9.60. The molecule has 0 aromatic heterocycles. The molecule has 0 amide bonds. The average molecular weight is 195 g/mol. The molecular formula is C4H8O2Pd. The van der Waals surface area contributed by atoms with Crippen molar-refractivity contribution < 1.29 is 30.3 Å². The Kier molecular flexibility index (Phi) is 8.92. The maximum Gasteiger partial charge on any atom is 0.303 e. The zero-order valence-corrected chi connectivity index (χ0v) is 5.64. The quantitative estimate of drug-likeness (QED) is 0.663. The summed E-state index contributed by atoms with van der Waals surface area (Å²) < 4.78 is 0. The Bertz CT molecular complexity index is 53.7. The summed E-state index contributed by atoms with van der Waals surface area (Å²) in [5.74, 6) is -0.711. The minimum Gasteiger partial charge on any atom is -0.481 e. The van der Waals surface area contributed by atoms with Crippen molar-refractivity contribution in [3.63, 3.8) is 0 Å². The third-order valence-corrected chi connectivity index (χ3v) is 0.464. The van der Waals surface area contributed by atoms with Gasteiger partial charge >= 0.3 is 5.97 Å². The van der Waals surface area contributed by atoms with Crippen LogP contribution in [0.25, 0.3) is 0 Å². The second-order valence-electron chi connectivity index (χ2n) is 1.14. The van der Waals surface area contributed by atoms with Crippen LogP contribution in [0.5, 0.6) is 0 Å². The van der Waals surface area contributed by atoms with E-state index in [0.29, 0.717) is 6.42 Å². The van der Waals surface area contributed by atoms with Crippen molar-refractivity contribution in [2.24, 2.45) is 0 Å². The van der Waals surface area contributed by atoms with Crippen molar-refractivity contribution in [1.29, 1.82) is 0 Å². The Morgan fingerprint density at radius 1 is 1.71 bits per heavy atom. The first-order chi connectivity index (χ1) is 2.77. The molecule has 0 aromatic rings. The standard InChI is InChI=1S/C4H8O2.Pd/c1-2-3-4(5)6;/h2-3H2,1H3,(H,5,6);. The molecule has 0 bridgehead atoms. The minimum absolute atomic E-state index is 0. The smallest absolute Gasteiger partial charge is 0.303 e. The SMILES string of the molecule is CCCC(=O)O.[Pd]. The van der Waals surface area contributed by atoms with Crippen LogP contribution in [-0.4, -0.2) is 11.1 Å². The van der Waals surface area contributed by atoms with Gasteiger partial charge in [-0.05, 0) is 6.42 Å². The van der Waals surface area contributed by atoms with Crippen LogP contribution in [0.1, 0.15) is 19.8 Å². The summed E-state index contributed by atoms with van der Waals surface area (Å²) in [4.78, 5) is 9.60. The Balaban J connectivity index is 0. The van der Waals surface area contributed by atoms with Crippen LogP contribution >= 0.6 is 0 Å². The van der Waals surface area contributed by atoms with Crippen molar-refractivity contribution in [2.45, 2.75) is 19.8 Å². The van der Waals surface area contributed by atoms with Crippen LogP contribution in [0.3, 0.4) is 0 Å². The van der Waals surface area contributed by atoms with Crippen molar-refractivity contribution in [3.8, 4) is 0 Å². The summed E-state index contributed by atoms with van der Waals surface area (Å²) in [6.45, 7) is 1.84. The van der Waals surface area contributed by atoms with E-state index in [4.69, 9.17) is 5.11 Å². The van der Waals surface area contributed by atoms with E-state index < -0.39 is 5.97 Å². The van der Waals surface area contributed by atoms with Gasteiger partial charge in [-0.1, -0.05) is 6.92 Å². The van der Waals surface area contributed by atoms with E-state index in [-0.39, 0.29) is 20.4 Å². The van der Waals surface area contributed by atoms with Gasteiger partial charge in [0.25, 0.3) is 0 Å². The van der Waals surface area contributed by atoms with Gasteiger partial charge in [-0.3, -0.25) is 4.79 Å². The fraction of sp³-hybridized carbons (Fsp3) is 0.750. The predicted molar refractivity (Wildman–Crippen MR) is 22.5 cm³/mol. The van der Waals surface area contributed by atoms with E-state index in [1.165, 1.54) is 0 Å². The molecular weight excluding hydrogens is 186 g/mol. The molecule has 0 fully saturated rings. The van der Waals surface area contributed by atoms with E-state index in [1.54, 1.807) is 0 Å². The number of hydrogen-bond acceptors (Lipinski definition) is 1. The second kappa shape index (κ2) is 6.13. The second-order valence-corrected chi connectivity index (χ2v) is 1.14. The van der Waals surface area contributed by atoms with Gasteiger partial charge in [0.1, 0.15) is 0 Å². The molecule has 0 unspecified atom stereocenters. The molecule has 3 heteroatoms. The molecule has 0 atom stereocenters. The molecule has 0 aromatic carbocycles. The molecule has 0 aliphatic heterocycles. The number of carbonyl (C=O) groups is 1. The summed E-state index contributed by atoms with van der Waals surface area (Å²) in [7, 11) is 0. The molecule has 1 N–H and O–H groups in total. The fourth-order valence-corrected chi connectivity index (χ4v) is 0.214. The predicted octanol–water partition coefficient (Wildman–Crippen LogP) is 0.869. The molecule has 0 spiro atoms. The third kappa shape index (κ3) is 10.7. The Labute approximate surface area is 56.6 Å². The molecule has 0 rings (SSSR count). The summed E-state index contributed by atoms with van der Waals surface area (Å²) >= 11 is 0. The van der Waals surface area contributed by atoms with Crippen molar-refractivity contribution in [3.05, 3.63) is 0 Å². The summed E-state index contributed by atoms with van der Waals surface area (Å²) in [6, 6.07) is 0.